The highest BCUT2D eigenvalue weighted by molar-refractivity contribution is 8.01. The fourth-order valence-corrected chi connectivity index (χ4v) is 6.83. The molecule has 3 aromatic heterocycles. The average Bonchev–Trinajstić information content (AvgIpc) is 3.43. The van der Waals surface area contributed by atoms with Crippen LogP contribution >= 0.6 is 23.1 Å². The third-order valence-electron chi connectivity index (χ3n) is 7.31. The number of nitrogens with zero attached hydrogens (tertiary/aromatic N) is 4. The van der Waals surface area contributed by atoms with Gasteiger partial charge in [0.2, 0.25) is 0 Å². The number of nitrogens with one attached hydrogen (secondary N) is 2. The summed E-state index contributed by atoms with van der Waals surface area (Å²) in [6.07, 6.45) is 6.64. The van der Waals surface area contributed by atoms with E-state index in [0.29, 0.717) is 29.0 Å². The molecular formula is C30H33FN6O2S2. The van der Waals surface area contributed by atoms with Crippen molar-refractivity contribution in [1.82, 2.24) is 25.2 Å². The third kappa shape index (κ3) is 7.28. The quantitative estimate of drug-likeness (QED) is 0.230. The van der Waals surface area contributed by atoms with Crippen LogP contribution in [0.15, 0.2) is 76.2 Å². The van der Waals surface area contributed by atoms with Crippen molar-refractivity contribution < 1.29 is 13.9 Å². The highest BCUT2D eigenvalue weighted by Crippen LogP contribution is 2.37. The molecule has 0 bridgehead atoms. The van der Waals surface area contributed by atoms with Crippen LogP contribution in [0, 0.1) is 12.7 Å². The first-order valence-electron chi connectivity index (χ1n) is 13.5. The second-order valence-corrected chi connectivity index (χ2v) is 12.4. The van der Waals surface area contributed by atoms with Gasteiger partial charge in [-0.25, -0.2) is 19.3 Å². The van der Waals surface area contributed by atoms with Gasteiger partial charge < -0.3 is 20.3 Å². The Balaban J connectivity index is 1.26. The standard InChI is InChI=1S/C30H33FN6O2S2/c1-21-8-12-32-24(18-21)36-29-34-19-25(41-29)40-23-9-13-33-27(26(23)31)28(38)35-20-30(22-6-4-3-5-7-22)10-14-37(15-11-30)16-17-39-2/h3-9,12-13,18-19H,10-11,14-17,20H2,1-2H3,(H,35,38)(H,32,34,36). The molecule has 8 nitrogen and oxygen atoms in total. The van der Waals surface area contributed by atoms with Crippen LogP contribution in [-0.4, -0.2) is 65.7 Å². The van der Waals surface area contributed by atoms with E-state index in [1.54, 1.807) is 25.6 Å². The van der Waals surface area contributed by atoms with Gasteiger partial charge in [0.25, 0.3) is 5.91 Å². The number of thiazole rings is 1. The highest BCUT2D eigenvalue weighted by atomic mass is 32.2. The summed E-state index contributed by atoms with van der Waals surface area (Å²) in [7, 11) is 1.71. The van der Waals surface area contributed by atoms with E-state index in [0.717, 1.165) is 42.2 Å². The number of benzene rings is 1. The van der Waals surface area contributed by atoms with Gasteiger partial charge in [0.15, 0.2) is 16.6 Å². The van der Waals surface area contributed by atoms with Gasteiger partial charge in [0, 0.05) is 38.0 Å². The number of rotatable bonds is 11. The lowest BCUT2D eigenvalue weighted by molar-refractivity contribution is 0.0888. The third-order valence-corrected chi connectivity index (χ3v) is 9.36. The molecular weight excluding hydrogens is 560 g/mol. The Morgan fingerprint density at radius 2 is 1.90 bits per heavy atom. The molecule has 1 aliphatic heterocycles. The van der Waals surface area contributed by atoms with Crippen molar-refractivity contribution in [1.29, 1.82) is 0 Å². The van der Waals surface area contributed by atoms with Crippen molar-refractivity contribution in [3.63, 3.8) is 0 Å². The number of ether oxygens (including phenoxy) is 1. The summed E-state index contributed by atoms with van der Waals surface area (Å²) < 4.78 is 21.6. The number of carbonyl (C=O) groups excluding carboxylic acids is 1. The fraction of sp³-hybridized carbons (Fsp3) is 0.333. The number of aromatic nitrogens is 3. The minimum absolute atomic E-state index is 0.206. The molecule has 1 saturated heterocycles. The van der Waals surface area contributed by atoms with Gasteiger partial charge in [-0.05, 0) is 62.2 Å². The topological polar surface area (TPSA) is 92.3 Å². The first-order valence-corrected chi connectivity index (χ1v) is 15.1. The number of anilines is 2. The van der Waals surface area contributed by atoms with Crippen molar-refractivity contribution in [2.24, 2.45) is 0 Å². The molecule has 0 spiro atoms. The molecule has 1 fully saturated rings. The van der Waals surface area contributed by atoms with Crippen LogP contribution in [-0.2, 0) is 10.2 Å². The van der Waals surface area contributed by atoms with Crippen LogP contribution in [0.5, 0.6) is 0 Å². The van der Waals surface area contributed by atoms with Crippen molar-refractivity contribution in [2.75, 3.05) is 45.2 Å². The van der Waals surface area contributed by atoms with Gasteiger partial charge in [-0.3, -0.25) is 4.79 Å². The van der Waals surface area contributed by atoms with Crippen LogP contribution in [0.2, 0.25) is 0 Å². The molecule has 1 aromatic carbocycles. The maximum atomic E-state index is 15.6. The molecule has 4 aromatic rings. The van der Waals surface area contributed by atoms with E-state index >= 15 is 4.39 Å². The summed E-state index contributed by atoms with van der Waals surface area (Å²) in [6.45, 7) is 5.77. The second-order valence-electron chi connectivity index (χ2n) is 10.1. The lowest BCUT2D eigenvalue weighted by Crippen LogP contribution is -2.49. The van der Waals surface area contributed by atoms with Crippen LogP contribution in [0.4, 0.5) is 15.3 Å². The molecule has 11 heteroatoms. The number of aryl methyl sites for hydroxylation is 1. The van der Waals surface area contributed by atoms with Gasteiger partial charge >= 0.3 is 0 Å². The minimum Gasteiger partial charge on any atom is -0.383 e. The smallest absolute Gasteiger partial charge is 0.273 e. The Hall–Kier alpha value is -3.38. The molecule has 0 atom stereocenters. The molecule has 0 unspecified atom stereocenters. The second kappa shape index (κ2) is 13.5. The van der Waals surface area contributed by atoms with Gasteiger partial charge in [-0.1, -0.05) is 53.4 Å². The highest BCUT2D eigenvalue weighted by Gasteiger charge is 2.36. The fourth-order valence-electron chi connectivity index (χ4n) is 4.97. The monoisotopic (exact) mass is 592 g/mol. The van der Waals surface area contributed by atoms with Crippen LogP contribution < -0.4 is 10.6 Å². The van der Waals surface area contributed by atoms with Gasteiger partial charge in [0.1, 0.15) is 5.82 Å². The zero-order valence-corrected chi connectivity index (χ0v) is 24.7. The molecule has 0 radical (unpaired) electrons. The minimum atomic E-state index is -0.638. The molecule has 5 rings (SSSR count). The number of carbonyl (C=O) groups is 1. The first-order chi connectivity index (χ1) is 20.0. The van der Waals surface area contributed by atoms with Gasteiger partial charge in [-0.15, -0.1) is 0 Å². The largest absolute Gasteiger partial charge is 0.383 e. The zero-order valence-electron chi connectivity index (χ0n) is 23.1. The molecule has 0 aliphatic carbocycles. The number of methoxy groups -OCH3 is 1. The normalized spacial score (nSPS) is 15.0. The van der Waals surface area contributed by atoms with Crippen molar-refractivity contribution in [3.8, 4) is 0 Å². The number of amides is 1. The van der Waals surface area contributed by atoms with Crippen molar-refractivity contribution in [2.45, 2.75) is 34.3 Å². The van der Waals surface area contributed by atoms with E-state index in [2.05, 4.69) is 42.6 Å². The summed E-state index contributed by atoms with van der Waals surface area (Å²) in [5.41, 5.74) is 1.82. The summed E-state index contributed by atoms with van der Waals surface area (Å²) in [5, 5.41) is 6.84. The van der Waals surface area contributed by atoms with E-state index in [-0.39, 0.29) is 11.1 Å². The summed E-state index contributed by atoms with van der Waals surface area (Å²) in [4.78, 5) is 28.7. The zero-order chi connectivity index (χ0) is 28.7. The molecule has 4 heterocycles. The first kappa shape index (κ1) is 29.1. The Labute approximate surface area is 247 Å². The van der Waals surface area contributed by atoms with Crippen molar-refractivity contribution >= 4 is 40.0 Å². The maximum absolute atomic E-state index is 15.6. The number of halogens is 1. The van der Waals surface area contributed by atoms with Crippen LogP contribution in [0.3, 0.4) is 0 Å². The molecule has 0 saturated carbocycles. The number of hydrogen-bond acceptors (Lipinski definition) is 9. The maximum Gasteiger partial charge on any atom is 0.273 e. The summed E-state index contributed by atoms with van der Waals surface area (Å²) in [5.74, 6) is -0.459. The number of likely N-dealkylation sites (tertiary alicyclic amines) is 1. The molecule has 1 amide bonds. The van der Waals surface area contributed by atoms with Crippen molar-refractivity contribution in [3.05, 3.63) is 89.8 Å². The molecule has 214 valence electrons. The Morgan fingerprint density at radius 1 is 1.12 bits per heavy atom. The molecule has 41 heavy (non-hydrogen) atoms. The Kier molecular flexibility index (Phi) is 9.60. The Morgan fingerprint density at radius 3 is 2.66 bits per heavy atom. The van der Waals surface area contributed by atoms with Crippen LogP contribution in [0.1, 0.15) is 34.5 Å². The Bertz CT molecular complexity index is 1460. The SMILES string of the molecule is COCCN1CCC(CNC(=O)c2nccc(Sc3cnc(Nc4cc(C)ccn4)s3)c2F)(c2ccccc2)CC1. The van der Waals surface area contributed by atoms with Crippen LogP contribution in [0.25, 0.3) is 0 Å². The van der Waals surface area contributed by atoms with Gasteiger partial charge in [-0.2, -0.15) is 0 Å². The lowest BCUT2D eigenvalue weighted by Gasteiger charge is -2.42. The average molecular weight is 593 g/mol. The van der Waals surface area contributed by atoms with E-state index < -0.39 is 11.7 Å². The predicted molar refractivity (Wildman–Crippen MR) is 161 cm³/mol. The van der Waals surface area contributed by atoms with E-state index in [1.165, 1.54) is 34.9 Å². The number of hydrogen-bond donors (Lipinski definition) is 2. The van der Waals surface area contributed by atoms with E-state index in [9.17, 15) is 4.79 Å². The number of piperidine rings is 1. The summed E-state index contributed by atoms with van der Waals surface area (Å²) >= 11 is 2.60. The molecule has 2 N–H and O–H groups in total. The predicted octanol–water partition coefficient (Wildman–Crippen LogP) is 5.69. The number of pyridine rings is 2. The van der Waals surface area contributed by atoms with E-state index in [4.69, 9.17) is 4.74 Å². The summed E-state index contributed by atoms with van der Waals surface area (Å²) in [6, 6.07) is 15.7. The van der Waals surface area contributed by atoms with E-state index in [1.807, 2.05) is 37.3 Å². The lowest BCUT2D eigenvalue weighted by atomic mass is 9.72. The molecule has 1 aliphatic rings. The van der Waals surface area contributed by atoms with Gasteiger partial charge in [0.05, 0.1) is 21.9 Å².